The first kappa shape index (κ1) is 8.33. The van der Waals surface area contributed by atoms with Crippen LogP contribution in [0.4, 0.5) is 5.95 Å². The van der Waals surface area contributed by atoms with Crippen molar-refractivity contribution < 1.29 is 0 Å². The van der Waals surface area contributed by atoms with Crippen molar-refractivity contribution in [2.75, 3.05) is 5.73 Å². The summed E-state index contributed by atoms with van der Waals surface area (Å²) in [6, 6.07) is 0. The Morgan fingerprint density at radius 2 is 2.00 bits per heavy atom. The number of aromatic nitrogens is 2. The average Bonchev–Trinajstić information content (AvgIpc) is 3.05. The smallest absolute Gasteiger partial charge is 0.200 e. The number of hydrogen-bond acceptors (Lipinski definition) is 2. The summed E-state index contributed by atoms with van der Waals surface area (Å²) >= 11 is 0. The summed E-state index contributed by atoms with van der Waals surface area (Å²) in [5.41, 5.74) is 5.78. The Kier molecular flexibility index (Phi) is 1.79. The van der Waals surface area contributed by atoms with Gasteiger partial charge in [-0.2, -0.15) is 0 Å². The fraction of sp³-hybridized carbons (Fsp3) is 0.727. The molecular formula is C11H17N3. The predicted octanol–water partition coefficient (Wildman–Crippen LogP) is 1.90. The number of nitrogen functional groups attached to an aromatic ring is 1. The topological polar surface area (TPSA) is 43.8 Å². The highest BCUT2D eigenvalue weighted by Crippen LogP contribution is 2.49. The van der Waals surface area contributed by atoms with Gasteiger partial charge in [0.05, 0.1) is 0 Å². The molecule has 3 heteroatoms. The zero-order valence-electron chi connectivity index (χ0n) is 8.39. The predicted molar refractivity (Wildman–Crippen MR) is 55.6 cm³/mol. The molecule has 1 aromatic heterocycles. The van der Waals surface area contributed by atoms with Crippen LogP contribution in [0.25, 0.3) is 0 Å². The van der Waals surface area contributed by atoms with Crippen LogP contribution < -0.4 is 5.73 Å². The van der Waals surface area contributed by atoms with Crippen molar-refractivity contribution in [3.05, 3.63) is 12.4 Å². The van der Waals surface area contributed by atoms with E-state index < -0.39 is 0 Å². The third-order valence-corrected chi connectivity index (χ3v) is 3.61. The second kappa shape index (κ2) is 3.01. The van der Waals surface area contributed by atoms with Crippen LogP contribution in [0.3, 0.4) is 0 Å². The van der Waals surface area contributed by atoms with E-state index in [1.54, 1.807) is 6.20 Å². The van der Waals surface area contributed by atoms with Crippen molar-refractivity contribution in [2.24, 2.45) is 17.8 Å². The van der Waals surface area contributed by atoms with Crippen molar-refractivity contribution in [2.45, 2.75) is 32.2 Å². The minimum atomic E-state index is 0.677. The summed E-state index contributed by atoms with van der Waals surface area (Å²) in [5.74, 6) is 3.54. The second-order valence-corrected chi connectivity index (χ2v) is 4.78. The van der Waals surface area contributed by atoms with Crippen LogP contribution in [0, 0.1) is 17.8 Å². The van der Waals surface area contributed by atoms with Gasteiger partial charge in [0.15, 0.2) is 5.95 Å². The van der Waals surface area contributed by atoms with Gasteiger partial charge in [-0.25, -0.2) is 4.98 Å². The van der Waals surface area contributed by atoms with E-state index in [9.17, 15) is 0 Å². The van der Waals surface area contributed by atoms with Crippen molar-refractivity contribution in [3.63, 3.8) is 0 Å². The van der Waals surface area contributed by atoms with Crippen molar-refractivity contribution >= 4 is 5.95 Å². The molecule has 0 saturated heterocycles. The minimum Gasteiger partial charge on any atom is -0.369 e. The number of imidazole rings is 1. The molecular weight excluding hydrogens is 174 g/mol. The Hall–Kier alpha value is -0.990. The maximum absolute atomic E-state index is 5.78. The van der Waals surface area contributed by atoms with Gasteiger partial charge in [0.2, 0.25) is 0 Å². The molecule has 2 fully saturated rings. The third kappa shape index (κ3) is 1.51. The monoisotopic (exact) mass is 191 g/mol. The summed E-state index contributed by atoms with van der Waals surface area (Å²) in [5, 5.41) is 0. The SMILES string of the molecule is Nc1nccn1CC(C1CC1)C1CC1. The number of anilines is 1. The highest BCUT2D eigenvalue weighted by atomic mass is 15.1. The molecule has 2 N–H and O–H groups in total. The highest BCUT2D eigenvalue weighted by molar-refractivity contribution is 5.16. The minimum absolute atomic E-state index is 0.677. The van der Waals surface area contributed by atoms with E-state index >= 15 is 0 Å². The van der Waals surface area contributed by atoms with Crippen LogP contribution in [0.1, 0.15) is 25.7 Å². The van der Waals surface area contributed by atoms with E-state index in [1.165, 1.54) is 25.7 Å². The zero-order valence-corrected chi connectivity index (χ0v) is 8.39. The number of rotatable bonds is 4. The quantitative estimate of drug-likeness (QED) is 0.790. The molecule has 0 radical (unpaired) electrons. The molecule has 1 heterocycles. The van der Waals surface area contributed by atoms with Crippen LogP contribution in [0.2, 0.25) is 0 Å². The van der Waals surface area contributed by atoms with Crippen molar-refractivity contribution in [1.29, 1.82) is 0 Å². The molecule has 1 aromatic rings. The van der Waals surface area contributed by atoms with E-state index in [4.69, 9.17) is 5.73 Å². The average molecular weight is 191 g/mol. The number of nitrogens with zero attached hydrogens (tertiary/aromatic N) is 2. The van der Waals surface area contributed by atoms with E-state index in [0.717, 1.165) is 24.3 Å². The molecule has 0 bridgehead atoms. The molecule has 3 rings (SSSR count). The molecule has 2 aliphatic rings. The van der Waals surface area contributed by atoms with Gasteiger partial charge in [0.25, 0.3) is 0 Å². The molecule has 2 saturated carbocycles. The first-order chi connectivity index (χ1) is 6.84. The van der Waals surface area contributed by atoms with Crippen LogP contribution in [0.5, 0.6) is 0 Å². The van der Waals surface area contributed by atoms with Crippen LogP contribution in [-0.4, -0.2) is 9.55 Å². The van der Waals surface area contributed by atoms with Crippen LogP contribution in [-0.2, 0) is 6.54 Å². The highest BCUT2D eigenvalue weighted by Gasteiger charge is 2.41. The molecule has 0 aromatic carbocycles. The van der Waals surface area contributed by atoms with Crippen LogP contribution in [0.15, 0.2) is 12.4 Å². The van der Waals surface area contributed by atoms with Crippen LogP contribution >= 0.6 is 0 Å². The first-order valence-electron chi connectivity index (χ1n) is 5.61. The summed E-state index contributed by atoms with van der Waals surface area (Å²) in [7, 11) is 0. The Morgan fingerprint density at radius 1 is 1.36 bits per heavy atom. The number of nitrogens with two attached hydrogens (primary N) is 1. The lowest BCUT2D eigenvalue weighted by atomic mass is 9.98. The van der Waals surface area contributed by atoms with Gasteiger partial charge in [-0.1, -0.05) is 0 Å². The van der Waals surface area contributed by atoms with Gasteiger partial charge in [0.1, 0.15) is 0 Å². The maximum Gasteiger partial charge on any atom is 0.200 e. The van der Waals surface area contributed by atoms with Gasteiger partial charge < -0.3 is 10.3 Å². The standard InChI is InChI=1S/C11H17N3/c12-11-13-5-6-14(11)7-10(8-1-2-8)9-3-4-9/h5-6,8-10H,1-4,7H2,(H2,12,13). The summed E-state index contributed by atoms with van der Waals surface area (Å²) < 4.78 is 2.11. The molecule has 14 heavy (non-hydrogen) atoms. The van der Waals surface area contributed by atoms with Crippen molar-refractivity contribution in [3.8, 4) is 0 Å². The van der Waals surface area contributed by atoms with Gasteiger partial charge in [-0.3, -0.25) is 0 Å². The summed E-state index contributed by atoms with van der Waals surface area (Å²) in [6.45, 7) is 1.10. The lowest BCUT2D eigenvalue weighted by molar-refractivity contribution is 0.351. The summed E-state index contributed by atoms with van der Waals surface area (Å²) in [6.07, 6.45) is 9.57. The Morgan fingerprint density at radius 3 is 2.43 bits per heavy atom. The fourth-order valence-corrected chi connectivity index (χ4v) is 2.45. The van der Waals surface area contributed by atoms with Gasteiger partial charge in [-0.15, -0.1) is 0 Å². The Bertz CT molecular complexity index is 311. The molecule has 0 aliphatic heterocycles. The normalized spacial score (nSPS) is 21.8. The summed E-state index contributed by atoms with van der Waals surface area (Å²) in [4.78, 5) is 4.07. The third-order valence-electron chi connectivity index (χ3n) is 3.61. The lowest BCUT2D eigenvalue weighted by Crippen LogP contribution is -2.15. The largest absolute Gasteiger partial charge is 0.369 e. The van der Waals surface area contributed by atoms with E-state index in [0.29, 0.717) is 5.95 Å². The van der Waals surface area contributed by atoms with E-state index in [1.807, 2.05) is 6.20 Å². The van der Waals surface area contributed by atoms with Gasteiger partial charge in [-0.05, 0) is 43.4 Å². The molecule has 0 unspecified atom stereocenters. The van der Waals surface area contributed by atoms with Gasteiger partial charge in [0, 0.05) is 18.9 Å². The Balaban J connectivity index is 1.71. The molecule has 2 aliphatic carbocycles. The fourth-order valence-electron chi connectivity index (χ4n) is 2.45. The van der Waals surface area contributed by atoms with Crippen molar-refractivity contribution in [1.82, 2.24) is 9.55 Å². The first-order valence-corrected chi connectivity index (χ1v) is 5.61. The van der Waals surface area contributed by atoms with E-state index in [2.05, 4.69) is 9.55 Å². The second-order valence-electron chi connectivity index (χ2n) is 4.78. The molecule has 0 atom stereocenters. The zero-order chi connectivity index (χ0) is 9.54. The van der Waals surface area contributed by atoms with Gasteiger partial charge >= 0.3 is 0 Å². The lowest BCUT2D eigenvalue weighted by Gasteiger charge is -2.16. The number of hydrogen-bond donors (Lipinski definition) is 1. The molecule has 3 nitrogen and oxygen atoms in total. The molecule has 0 amide bonds. The Labute approximate surface area is 84.3 Å². The maximum atomic E-state index is 5.78. The molecule has 76 valence electrons. The van der Waals surface area contributed by atoms with E-state index in [-0.39, 0.29) is 0 Å². The molecule has 0 spiro atoms.